The van der Waals surface area contributed by atoms with Gasteiger partial charge in [0.25, 0.3) is 0 Å². The SMILES string of the molecule is Cc1nc2cc(-c3cnc(CC#N)[nH]3)ccc2o1. The van der Waals surface area contributed by atoms with Crippen LogP contribution in [0.4, 0.5) is 0 Å². The van der Waals surface area contributed by atoms with Crippen molar-refractivity contribution >= 4 is 11.1 Å². The van der Waals surface area contributed by atoms with E-state index in [-0.39, 0.29) is 6.42 Å². The second-order valence-corrected chi connectivity index (χ2v) is 3.99. The van der Waals surface area contributed by atoms with E-state index in [0.29, 0.717) is 11.7 Å². The number of aromatic amines is 1. The van der Waals surface area contributed by atoms with Crippen LogP contribution in [0.3, 0.4) is 0 Å². The first-order valence-corrected chi connectivity index (χ1v) is 5.54. The summed E-state index contributed by atoms with van der Waals surface area (Å²) in [7, 11) is 0. The quantitative estimate of drug-likeness (QED) is 0.744. The Kier molecular flexibility index (Phi) is 2.34. The minimum atomic E-state index is 0.283. The van der Waals surface area contributed by atoms with Gasteiger partial charge in [-0.15, -0.1) is 0 Å². The summed E-state index contributed by atoms with van der Waals surface area (Å²) in [4.78, 5) is 11.5. The number of imidazole rings is 1. The van der Waals surface area contributed by atoms with Gasteiger partial charge in [-0.2, -0.15) is 5.26 Å². The maximum absolute atomic E-state index is 8.61. The van der Waals surface area contributed by atoms with Gasteiger partial charge in [0.05, 0.1) is 24.4 Å². The summed E-state index contributed by atoms with van der Waals surface area (Å²) in [6.45, 7) is 1.82. The fraction of sp³-hybridized carbons (Fsp3) is 0.154. The molecule has 1 aromatic carbocycles. The van der Waals surface area contributed by atoms with E-state index < -0.39 is 0 Å². The van der Waals surface area contributed by atoms with Crippen LogP contribution >= 0.6 is 0 Å². The van der Waals surface area contributed by atoms with Crippen molar-refractivity contribution in [3.05, 3.63) is 36.1 Å². The molecule has 1 N–H and O–H groups in total. The molecule has 2 aromatic heterocycles. The Hall–Kier alpha value is -2.61. The number of hydrogen-bond donors (Lipinski definition) is 1. The Morgan fingerprint density at radius 2 is 2.33 bits per heavy atom. The molecule has 0 saturated carbocycles. The fourth-order valence-corrected chi connectivity index (χ4v) is 1.88. The normalized spacial score (nSPS) is 10.7. The summed E-state index contributed by atoms with van der Waals surface area (Å²) in [6, 6.07) is 7.83. The third-order valence-corrected chi connectivity index (χ3v) is 2.68. The largest absolute Gasteiger partial charge is 0.441 e. The summed E-state index contributed by atoms with van der Waals surface area (Å²) >= 11 is 0. The summed E-state index contributed by atoms with van der Waals surface area (Å²) in [5.74, 6) is 1.32. The molecule has 2 heterocycles. The van der Waals surface area contributed by atoms with E-state index in [4.69, 9.17) is 9.68 Å². The van der Waals surface area contributed by atoms with Crippen LogP contribution in [0, 0.1) is 18.3 Å². The maximum atomic E-state index is 8.61. The number of nitriles is 1. The monoisotopic (exact) mass is 238 g/mol. The first-order valence-electron chi connectivity index (χ1n) is 5.54. The van der Waals surface area contributed by atoms with Crippen molar-refractivity contribution in [1.82, 2.24) is 15.0 Å². The zero-order valence-electron chi connectivity index (χ0n) is 9.77. The number of benzene rings is 1. The van der Waals surface area contributed by atoms with Crippen LogP contribution in [0.15, 0.2) is 28.8 Å². The molecule has 0 radical (unpaired) electrons. The molecule has 5 heteroatoms. The van der Waals surface area contributed by atoms with Crippen LogP contribution in [0.25, 0.3) is 22.4 Å². The van der Waals surface area contributed by atoms with Crippen molar-refractivity contribution in [2.75, 3.05) is 0 Å². The third kappa shape index (κ3) is 1.74. The van der Waals surface area contributed by atoms with Gasteiger partial charge < -0.3 is 9.40 Å². The molecule has 0 unspecified atom stereocenters. The maximum Gasteiger partial charge on any atom is 0.192 e. The van der Waals surface area contributed by atoms with Gasteiger partial charge in [-0.25, -0.2) is 9.97 Å². The van der Waals surface area contributed by atoms with Gasteiger partial charge in [-0.3, -0.25) is 0 Å². The van der Waals surface area contributed by atoms with Gasteiger partial charge in [0.2, 0.25) is 0 Å². The van der Waals surface area contributed by atoms with Crippen molar-refractivity contribution in [1.29, 1.82) is 5.26 Å². The number of rotatable bonds is 2. The van der Waals surface area contributed by atoms with Crippen LogP contribution in [-0.4, -0.2) is 15.0 Å². The molecule has 0 saturated heterocycles. The van der Waals surface area contributed by atoms with Crippen LogP contribution in [0.5, 0.6) is 0 Å². The molecule has 0 aliphatic heterocycles. The molecule has 0 spiro atoms. The van der Waals surface area contributed by atoms with Crippen molar-refractivity contribution < 1.29 is 4.42 Å². The molecule has 0 aliphatic carbocycles. The lowest BCUT2D eigenvalue weighted by atomic mass is 10.1. The number of aryl methyl sites for hydroxylation is 1. The van der Waals surface area contributed by atoms with Crippen LogP contribution in [-0.2, 0) is 6.42 Å². The van der Waals surface area contributed by atoms with E-state index in [1.165, 1.54) is 0 Å². The highest BCUT2D eigenvalue weighted by molar-refractivity contribution is 5.79. The van der Waals surface area contributed by atoms with E-state index in [1.807, 2.05) is 25.1 Å². The van der Waals surface area contributed by atoms with E-state index >= 15 is 0 Å². The zero-order valence-corrected chi connectivity index (χ0v) is 9.77. The topological polar surface area (TPSA) is 78.5 Å². The fourth-order valence-electron chi connectivity index (χ4n) is 1.88. The highest BCUT2D eigenvalue weighted by atomic mass is 16.3. The molecule has 18 heavy (non-hydrogen) atoms. The third-order valence-electron chi connectivity index (χ3n) is 2.68. The lowest BCUT2D eigenvalue weighted by molar-refractivity contribution is 0.561. The molecule has 0 bridgehead atoms. The van der Waals surface area contributed by atoms with Crippen molar-refractivity contribution in [2.45, 2.75) is 13.3 Å². The summed E-state index contributed by atoms with van der Waals surface area (Å²) in [5.41, 5.74) is 3.45. The van der Waals surface area contributed by atoms with Gasteiger partial charge in [-0.1, -0.05) is 0 Å². The summed E-state index contributed by atoms with van der Waals surface area (Å²) in [6.07, 6.45) is 2.01. The standard InChI is InChI=1S/C13H10N4O/c1-8-16-10-6-9(2-3-12(10)18-8)11-7-15-13(17-11)4-5-14/h2-3,6-7H,4H2,1H3,(H,15,17). The van der Waals surface area contributed by atoms with E-state index in [9.17, 15) is 0 Å². The van der Waals surface area contributed by atoms with Crippen LogP contribution < -0.4 is 0 Å². The van der Waals surface area contributed by atoms with Gasteiger partial charge >= 0.3 is 0 Å². The number of nitrogens with zero attached hydrogens (tertiary/aromatic N) is 3. The lowest BCUT2D eigenvalue weighted by Gasteiger charge is -1.96. The predicted molar refractivity (Wildman–Crippen MR) is 65.6 cm³/mol. The van der Waals surface area contributed by atoms with Crippen LogP contribution in [0.1, 0.15) is 11.7 Å². The average molecular weight is 238 g/mol. The number of oxazole rings is 1. The number of nitrogens with one attached hydrogen (secondary N) is 1. The second-order valence-electron chi connectivity index (χ2n) is 3.99. The second kappa shape index (κ2) is 4.00. The molecule has 0 atom stereocenters. The number of fused-ring (bicyclic) bond motifs is 1. The zero-order chi connectivity index (χ0) is 12.5. The van der Waals surface area contributed by atoms with E-state index in [0.717, 1.165) is 22.4 Å². The van der Waals surface area contributed by atoms with E-state index in [1.54, 1.807) is 6.20 Å². The lowest BCUT2D eigenvalue weighted by Crippen LogP contribution is -1.84. The van der Waals surface area contributed by atoms with Gasteiger partial charge in [0, 0.05) is 12.5 Å². The predicted octanol–water partition coefficient (Wildman–Crippen LogP) is 2.59. The Labute approximate surface area is 103 Å². The van der Waals surface area contributed by atoms with Crippen molar-refractivity contribution in [3.63, 3.8) is 0 Å². The first kappa shape index (κ1) is 10.5. The van der Waals surface area contributed by atoms with Crippen molar-refractivity contribution in [3.8, 4) is 17.3 Å². The van der Waals surface area contributed by atoms with Crippen molar-refractivity contribution in [2.24, 2.45) is 0 Å². The number of aromatic nitrogens is 3. The average Bonchev–Trinajstić information content (AvgIpc) is 2.93. The minimum Gasteiger partial charge on any atom is -0.441 e. The molecule has 5 nitrogen and oxygen atoms in total. The van der Waals surface area contributed by atoms with Gasteiger partial charge in [0.15, 0.2) is 11.5 Å². The Morgan fingerprint density at radius 3 is 3.17 bits per heavy atom. The highest BCUT2D eigenvalue weighted by Gasteiger charge is 2.07. The summed E-state index contributed by atoms with van der Waals surface area (Å²) in [5, 5.41) is 8.61. The Morgan fingerprint density at radius 1 is 1.44 bits per heavy atom. The number of hydrogen-bond acceptors (Lipinski definition) is 4. The summed E-state index contributed by atoms with van der Waals surface area (Å²) < 4.78 is 5.42. The Bertz CT molecular complexity index is 748. The molecular weight excluding hydrogens is 228 g/mol. The van der Waals surface area contributed by atoms with Gasteiger partial charge in [0.1, 0.15) is 11.3 Å². The van der Waals surface area contributed by atoms with E-state index in [2.05, 4.69) is 21.0 Å². The highest BCUT2D eigenvalue weighted by Crippen LogP contribution is 2.23. The molecule has 0 fully saturated rings. The van der Waals surface area contributed by atoms with Crippen LogP contribution in [0.2, 0.25) is 0 Å². The molecule has 3 rings (SSSR count). The molecule has 0 amide bonds. The molecule has 0 aliphatic rings. The molecular formula is C13H10N4O. The smallest absolute Gasteiger partial charge is 0.192 e. The Balaban J connectivity index is 2.04. The van der Waals surface area contributed by atoms with Gasteiger partial charge in [-0.05, 0) is 18.2 Å². The first-order chi connectivity index (χ1) is 8.76. The molecule has 3 aromatic rings. The minimum absolute atomic E-state index is 0.283. The number of H-pyrrole nitrogens is 1. The molecule has 88 valence electrons.